The van der Waals surface area contributed by atoms with Crippen LogP contribution in [0.1, 0.15) is 37.7 Å². The van der Waals surface area contributed by atoms with Gasteiger partial charge in [0.2, 0.25) is 5.88 Å². The Bertz CT molecular complexity index is 921. The molecule has 0 aromatic carbocycles. The van der Waals surface area contributed by atoms with E-state index in [0.717, 1.165) is 42.3 Å². The van der Waals surface area contributed by atoms with Crippen LogP contribution in [0.25, 0.3) is 11.3 Å². The Kier molecular flexibility index (Phi) is 5.44. The lowest BCUT2D eigenvalue weighted by atomic mass is 10.0. The molecule has 0 unspecified atom stereocenters. The van der Waals surface area contributed by atoms with Crippen LogP contribution in [-0.2, 0) is 18.8 Å². The van der Waals surface area contributed by atoms with E-state index in [4.69, 9.17) is 9.72 Å². The molecular weight excluding hydrogens is 348 g/mol. The molecule has 0 radical (unpaired) electrons. The zero-order chi connectivity index (χ0) is 19.4. The van der Waals surface area contributed by atoms with Crippen LogP contribution in [0.5, 0.6) is 11.6 Å². The predicted molar refractivity (Wildman–Crippen MR) is 100 cm³/mol. The lowest BCUT2D eigenvalue weighted by Gasteiger charge is -2.14. The number of rotatable bonds is 6. The first-order valence-electron chi connectivity index (χ1n) is 8.88. The number of ether oxygens (including phenoxy) is 1. The molecule has 0 aliphatic heterocycles. The van der Waals surface area contributed by atoms with Gasteiger partial charge in [0.05, 0.1) is 17.5 Å². The highest BCUT2D eigenvalue weighted by atomic mass is 19.3. The average Bonchev–Trinajstić information content (AvgIpc) is 2.67. The van der Waals surface area contributed by atoms with Gasteiger partial charge in [-0.3, -0.25) is 9.97 Å². The summed E-state index contributed by atoms with van der Waals surface area (Å²) in [6, 6.07) is 10.5. The van der Waals surface area contributed by atoms with Crippen molar-refractivity contribution in [3.05, 3.63) is 65.7 Å². The zero-order valence-corrected chi connectivity index (χ0v) is 15.5. The molecule has 27 heavy (non-hydrogen) atoms. The minimum Gasteiger partial charge on any atom is -0.437 e. The zero-order valence-electron chi connectivity index (χ0n) is 15.5. The second-order valence-corrected chi connectivity index (χ2v) is 6.24. The predicted octanol–water partition coefficient (Wildman–Crippen LogP) is 5.57. The van der Waals surface area contributed by atoms with E-state index in [1.165, 1.54) is 18.3 Å². The van der Waals surface area contributed by atoms with E-state index in [-0.39, 0.29) is 5.69 Å². The molecule has 0 bridgehead atoms. The fraction of sp³-hybridized carbons (Fsp3) is 0.286. The summed E-state index contributed by atoms with van der Waals surface area (Å²) in [7, 11) is 0. The van der Waals surface area contributed by atoms with Gasteiger partial charge in [0, 0.05) is 18.8 Å². The van der Waals surface area contributed by atoms with Crippen LogP contribution < -0.4 is 4.74 Å². The maximum Gasteiger partial charge on any atom is 0.286 e. The molecule has 3 heterocycles. The standard InChI is InChI=1S/C21H21F2N3O/c1-4-14-8-9-15(5-2)26-19(14)17-7-6-12-24-20(17)27-16-10-11-18(25-13-16)21(3,22)23/h6-13H,4-5H2,1-3H3. The molecule has 140 valence electrons. The van der Waals surface area contributed by atoms with Crippen LogP contribution in [-0.4, -0.2) is 15.0 Å². The van der Waals surface area contributed by atoms with Crippen molar-refractivity contribution in [3.63, 3.8) is 0 Å². The van der Waals surface area contributed by atoms with E-state index in [0.29, 0.717) is 11.6 Å². The molecule has 0 saturated carbocycles. The molecule has 0 amide bonds. The highest BCUT2D eigenvalue weighted by Gasteiger charge is 2.26. The molecule has 0 aliphatic rings. The Balaban J connectivity index is 1.98. The van der Waals surface area contributed by atoms with E-state index in [1.54, 1.807) is 6.20 Å². The van der Waals surface area contributed by atoms with Crippen molar-refractivity contribution in [2.75, 3.05) is 0 Å². The Labute approximate surface area is 157 Å². The fourth-order valence-electron chi connectivity index (χ4n) is 2.71. The van der Waals surface area contributed by atoms with Crippen molar-refractivity contribution in [2.24, 2.45) is 0 Å². The summed E-state index contributed by atoms with van der Waals surface area (Å²) in [5.41, 5.74) is 3.35. The normalized spacial score (nSPS) is 11.4. The smallest absolute Gasteiger partial charge is 0.286 e. The Morgan fingerprint density at radius 3 is 2.44 bits per heavy atom. The summed E-state index contributed by atoms with van der Waals surface area (Å²) in [6.07, 6.45) is 4.55. The van der Waals surface area contributed by atoms with Gasteiger partial charge in [-0.05, 0) is 48.7 Å². The van der Waals surface area contributed by atoms with Gasteiger partial charge < -0.3 is 4.74 Å². The first-order valence-corrected chi connectivity index (χ1v) is 8.88. The maximum atomic E-state index is 13.3. The number of aryl methyl sites for hydroxylation is 2. The third-order valence-corrected chi connectivity index (χ3v) is 4.21. The van der Waals surface area contributed by atoms with Gasteiger partial charge in [0.15, 0.2) is 0 Å². The lowest BCUT2D eigenvalue weighted by molar-refractivity contribution is 0.0127. The maximum absolute atomic E-state index is 13.3. The van der Waals surface area contributed by atoms with Crippen molar-refractivity contribution in [2.45, 2.75) is 39.5 Å². The molecule has 0 fully saturated rings. The van der Waals surface area contributed by atoms with Crippen LogP contribution in [0.15, 0.2) is 48.8 Å². The molecule has 0 atom stereocenters. The second-order valence-electron chi connectivity index (χ2n) is 6.24. The molecule has 0 N–H and O–H groups in total. The van der Waals surface area contributed by atoms with Crippen molar-refractivity contribution in [1.29, 1.82) is 0 Å². The summed E-state index contributed by atoms with van der Waals surface area (Å²) in [4.78, 5) is 12.9. The quantitative estimate of drug-likeness (QED) is 0.570. The summed E-state index contributed by atoms with van der Waals surface area (Å²) >= 11 is 0. The number of alkyl halides is 2. The van der Waals surface area contributed by atoms with Crippen LogP contribution >= 0.6 is 0 Å². The largest absolute Gasteiger partial charge is 0.437 e. The van der Waals surface area contributed by atoms with Gasteiger partial charge in [-0.25, -0.2) is 4.98 Å². The van der Waals surface area contributed by atoms with Gasteiger partial charge in [-0.1, -0.05) is 19.9 Å². The number of pyridine rings is 3. The third-order valence-electron chi connectivity index (χ3n) is 4.21. The minimum absolute atomic E-state index is 0.304. The fourth-order valence-corrected chi connectivity index (χ4v) is 2.71. The summed E-state index contributed by atoms with van der Waals surface area (Å²) < 4.78 is 32.5. The van der Waals surface area contributed by atoms with E-state index >= 15 is 0 Å². The van der Waals surface area contributed by atoms with E-state index in [2.05, 4.69) is 29.9 Å². The molecule has 3 rings (SSSR count). The first-order chi connectivity index (χ1) is 12.9. The monoisotopic (exact) mass is 369 g/mol. The highest BCUT2D eigenvalue weighted by Crippen LogP contribution is 2.33. The Morgan fingerprint density at radius 2 is 1.81 bits per heavy atom. The van der Waals surface area contributed by atoms with E-state index in [1.807, 2.05) is 18.2 Å². The summed E-state index contributed by atoms with van der Waals surface area (Å²) in [5.74, 6) is -2.28. The van der Waals surface area contributed by atoms with Gasteiger partial charge in [-0.15, -0.1) is 0 Å². The van der Waals surface area contributed by atoms with Crippen LogP contribution in [0.2, 0.25) is 0 Å². The average molecular weight is 369 g/mol. The van der Waals surface area contributed by atoms with E-state index in [9.17, 15) is 8.78 Å². The number of hydrogen-bond acceptors (Lipinski definition) is 4. The van der Waals surface area contributed by atoms with Crippen LogP contribution in [0, 0.1) is 0 Å². The molecule has 3 aromatic heterocycles. The number of nitrogens with zero attached hydrogens (tertiary/aromatic N) is 3. The Hall–Kier alpha value is -2.89. The minimum atomic E-state index is -2.99. The van der Waals surface area contributed by atoms with Crippen LogP contribution in [0.4, 0.5) is 8.78 Å². The molecule has 0 aliphatic carbocycles. The lowest BCUT2D eigenvalue weighted by Crippen LogP contribution is -2.09. The molecular formula is C21H21F2N3O. The molecule has 4 nitrogen and oxygen atoms in total. The van der Waals surface area contributed by atoms with Gasteiger partial charge in [0.1, 0.15) is 11.4 Å². The highest BCUT2D eigenvalue weighted by molar-refractivity contribution is 5.68. The van der Waals surface area contributed by atoms with E-state index < -0.39 is 5.92 Å². The molecule has 0 spiro atoms. The van der Waals surface area contributed by atoms with Gasteiger partial charge in [-0.2, -0.15) is 8.78 Å². The summed E-state index contributed by atoms with van der Waals surface area (Å²) in [6.45, 7) is 4.93. The Morgan fingerprint density at radius 1 is 1.00 bits per heavy atom. The van der Waals surface area contributed by atoms with Crippen molar-refractivity contribution < 1.29 is 13.5 Å². The van der Waals surface area contributed by atoms with Crippen molar-refractivity contribution in [3.8, 4) is 22.9 Å². The van der Waals surface area contributed by atoms with Gasteiger partial charge in [0.25, 0.3) is 5.92 Å². The van der Waals surface area contributed by atoms with Crippen molar-refractivity contribution >= 4 is 0 Å². The third kappa shape index (κ3) is 4.27. The number of halogens is 2. The molecule has 3 aromatic rings. The van der Waals surface area contributed by atoms with Crippen LogP contribution in [0.3, 0.4) is 0 Å². The topological polar surface area (TPSA) is 47.9 Å². The number of hydrogen-bond donors (Lipinski definition) is 0. The SMILES string of the molecule is CCc1ccc(CC)c(-c2cccnc2Oc2ccc(C(C)(F)F)nc2)n1. The number of aromatic nitrogens is 3. The van der Waals surface area contributed by atoms with Crippen molar-refractivity contribution in [1.82, 2.24) is 15.0 Å². The summed E-state index contributed by atoms with van der Waals surface area (Å²) in [5, 5.41) is 0. The van der Waals surface area contributed by atoms with Gasteiger partial charge >= 0.3 is 0 Å². The second kappa shape index (κ2) is 7.78. The molecule has 0 saturated heterocycles. The molecule has 6 heteroatoms. The first kappa shape index (κ1) is 18.9.